The van der Waals surface area contributed by atoms with Crippen molar-refractivity contribution in [2.75, 3.05) is 5.32 Å². The lowest BCUT2D eigenvalue weighted by atomic mass is 9.95. The Balaban J connectivity index is 2.08. The van der Waals surface area contributed by atoms with Crippen LogP contribution in [0.2, 0.25) is 5.02 Å². The summed E-state index contributed by atoms with van der Waals surface area (Å²) in [5.74, 6) is -2.14. The second kappa shape index (κ2) is 5.61. The fourth-order valence-electron chi connectivity index (χ4n) is 2.48. The van der Waals surface area contributed by atoms with E-state index in [1.165, 1.54) is 0 Å². The third-order valence-corrected chi connectivity index (χ3v) is 4.02. The van der Waals surface area contributed by atoms with Crippen LogP contribution in [-0.4, -0.2) is 17.0 Å². The molecule has 1 aliphatic rings. The summed E-state index contributed by atoms with van der Waals surface area (Å²) in [5, 5.41) is 12.4. The van der Waals surface area contributed by atoms with Crippen molar-refractivity contribution in [2.45, 2.75) is 26.2 Å². The Kier molecular flexibility index (Phi) is 4.10. The molecule has 0 heterocycles. The van der Waals surface area contributed by atoms with Gasteiger partial charge < -0.3 is 10.4 Å². The van der Waals surface area contributed by atoms with E-state index < -0.39 is 17.8 Å². The van der Waals surface area contributed by atoms with E-state index in [4.69, 9.17) is 16.7 Å². The quantitative estimate of drug-likeness (QED) is 0.895. The monoisotopic (exact) mass is 281 g/mol. The topological polar surface area (TPSA) is 66.4 Å². The van der Waals surface area contributed by atoms with Gasteiger partial charge in [0.25, 0.3) is 0 Å². The van der Waals surface area contributed by atoms with Gasteiger partial charge in [-0.15, -0.1) is 0 Å². The molecule has 1 aliphatic carbocycles. The van der Waals surface area contributed by atoms with E-state index in [0.29, 0.717) is 23.6 Å². The zero-order valence-corrected chi connectivity index (χ0v) is 11.4. The van der Waals surface area contributed by atoms with Crippen LogP contribution in [0.1, 0.15) is 24.8 Å². The van der Waals surface area contributed by atoms with Gasteiger partial charge in [-0.1, -0.05) is 24.1 Å². The van der Waals surface area contributed by atoms with E-state index in [1.54, 1.807) is 12.1 Å². The zero-order chi connectivity index (χ0) is 14.0. The van der Waals surface area contributed by atoms with Crippen LogP contribution in [0.4, 0.5) is 5.69 Å². The van der Waals surface area contributed by atoms with Gasteiger partial charge in [0.15, 0.2) is 0 Å². The minimum Gasteiger partial charge on any atom is -0.481 e. The van der Waals surface area contributed by atoms with Gasteiger partial charge in [-0.25, -0.2) is 0 Å². The Morgan fingerprint density at radius 3 is 2.63 bits per heavy atom. The molecule has 1 aromatic carbocycles. The molecule has 2 atom stereocenters. The lowest BCUT2D eigenvalue weighted by Gasteiger charge is -2.15. The number of carbonyl (C=O) groups excluding carboxylic acids is 1. The number of rotatable bonds is 3. The number of aliphatic carboxylic acids is 1. The Hall–Kier alpha value is -1.55. The van der Waals surface area contributed by atoms with Crippen LogP contribution in [0.25, 0.3) is 0 Å². The number of halogens is 1. The van der Waals surface area contributed by atoms with Gasteiger partial charge in [-0.2, -0.15) is 0 Å². The maximum Gasteiger partial charge on any atom is 0.307 e. The molecule has 0 radical (unpaired) electrons. The smallest absolute Gasteiger partial charge is 0.307 e. The largest absolute Gasteiger partial charge is 0.481 e. The van der Waals surface area contributed by atoms with Crippen molar-refractivity contribution in [1.82, 2.24) is 0 Å². The number of carboxylic acids is 1. The van der Waals surface area contributed by atoms with Crippen LogP contribution >= 0.6 is 11.6 Å². The third kappa shape index (κ3) is 3.07. The Morgan fingerprint density at radius 2 is 2.00 bits per heavy atom. The second-order valence-electron chi connectivity index (χ2n) is 4.94. The number of anilines is 1. The van der Waals surface area contributed by atoms with Gasteiger partial charge in [-0.05, 0) is 37.5 Å². The number of amides is 1. The molecule has 19 heavy (non-hydrogen) atoms. The van der Waals surface area contributed by atoms with E-state index in [9.17, 15) is 9.59 Å². The highest BCUT2D eigenvalue weighted by atomic mass is 35.5. The molecule has 0 aromatic heterocycles. The van der Waals surface area contributed by atoms with Crippen LogP contribution in [0, 0.1) is 18.8 Å². The van der Waals surface area contributed by atoms with E-state index in [-0.39, 0.29) is 5.91 Å². The van der Waals surface area contributed by atoms with E-state index in [2.05, 4.69) is 5.32 Å². The predicted molar refractivity (Wildman–Crippen MR) is 73.3 cm³/mol. The Morgan fingerprint density at radius 1 is 1.32 bits per heavy atom. The van der Waals surface area contributed by atoms with Gasteiger partial charge in [0.1, 0.15) is 0 Å². The van der Waals surface area contributed by atoms with Gasteiger partial charge in [0, 0.05) is 10.7 Å². The summed E-state index contributed by atoms with van der Waals surface area (Å²) in [7, 11) is 0. The molecule has 1 fully saturated rings. The fourth-order valence-corrected chi connectivity index (χ4v) is 2.66. The molecule has 2 rings (SSSR count). The summed E-state index contributed by atoms with van der Waals surface area (Å²) in [5.41, 5.74) is 1.54. The summed E-state index contributed by atoms with van der Waals surface area (Å²) in [6.07, 6.45) is 1.98. The molecule has 1 amide bonds. The summed E-state index contributed by atoms with van der Waals surface area (Å²) in [6.45, 7) is 1.88. The molecule has 102 valence electrons. The first-order chi connectivity index (χ1) is 8.99. The summed E-state index contributed by atoms with van der Waals surface area (Å²) in [4.78, 5) is 23.2. The van der Waals surface area contributed by atoms with Gasteiger partial charge in [-0.3, -0.25) is 9.59 Å². The van der Waals surface area contributed by atoms with Crippen LogP contribution in [0.3, 0.4) is 0 Å². The van der Waals surface area contributed by atoms with Crippen LogP contribution in [-0.2, 0) is 9.59 Å². The minimum atomic E-state index is -0.889. The number of carbonyl (C=O) groups is 2. The summed E-state index contributed by atoms with van der Waals surface area (Å²) in [6, 6.07) is 5.27. The van der Waals surface area contributed by atoms with Crippen molar-refractivity contribution in [3.05, 3.63) is 28.8 Å². The third-order valence-electron chi connectivity index (χ3n) is 3.61. The number of hydrogen-bond donors (Lipinski definition) is 2. The minimum absolute atomic E-state index is 0.232. The molecule has 1 aromatic rings. The van der Waals surface area contributed by atoms with Gasteiger partial charge in [0.2, 0.25) is 5.91 Å². The van der Waals surface area contributed by atoms with Crippen LogP contribution < -0.4 is 5.32 Å². The highest BCUT2D eigenvalue weighted by Gasteiger charge is 2.37. The first-order valence-corrected chi connectivity index (χ1v) is 6.66. The van der Waals surface area contributed by atoms with Crippen molar-refractivity contribution in [3.8, 4) is 0 Å². The number of hydrogen-bond acceptors (Lipinski definition) is 2. The van der Waals surface area contributed by atoms with E-state index >= 15 is 0 Å². The molecule has 1 saturated carbocycles. The molecule has 2 unspecified atom stereocenters. The molecular weight excluding hydrogens is 266 g/mol. The second-order valence-corrected chi connectivity index (χ2v) is 5.34. The average Bonchev–Trinajstić information content (AvgIpc) is 2.83. The summed E-state index contributed by atoms with van der Waals surface area (Å²) >= 11 is 5.99. The molecule has 0 aliphatic heterocycles. The molecular formula is C14H16ClNO3. The number of benzene rings is 1. The van der Waals surface area contributed by atoms with Crippen LogP contribution in [0.15, 0.2) is 18.2 Å². The summed E-state index contributed by atoms with van der Waals surface area (Å²) < 4.78 is 0. The van der Waals surface area contributed by atoms with Crippen molar-refractivity contribution in [2.24, 2.45) is 11.8 Å². The molecule has 0 spiro atoms. The number of nitrogens with one attached hydrogen (secondary N) is 1. The average molecular weight is 282 g/mol. The molecule has 4 nitrogen and oxygen atoms in total. The molecule has 2 N–H and O–H groups in total. The van der Waals surface area contributed by atoms with E-state index in [0.717, 1.165) is 12.0 Å². The van der Waals surface area contributed by atoms with Crippen molar-refractivity contribution in [1.29, 1.82) is 0 Å². The molecule has 0 saturated heterocycles. The lowest BCUT2D eigenvalue weighted by Crippen LogP contribution is -2.29. The maximum atomic E-state index is 12.1. The first-order valence-electron chi connectivity index (χ1n) is 6.29. The van der Waals surface area contributed by atoms with Crippen LogP contribution in [0.5, 0.6) is 0 Å². The Bertz CT molecular complexity index is 515. The van der Waals surface area contributed by atoms with Crippen molar-refractivity contribution < 1.29 is 14.7 Å². The SMILES string of the molecule is Cc1ccc(NC(=O)C2CCCC2C(=O)O)cc1Cl. The van der Waals surface area contributed by atoms with Crippen molar-refractivity contribution in [3.63, 3.8) is 0 Å². The highest BCUT2D eigenvalue weighted by Crippen LogP contribution is 2.33. The fraction of sp³-hybridized carbons (Fsp3) is 0.429. The number of aryl methyl sites for hydroxylation is 1. The first kappa shape index (κ1) is 13.9. The molecule has 5 heteroatoms. The van der Waals surface area contributed by atoms with Gasteiger partial charge >= 0.3 is 5.97 Å². The van der Waals surface area contributed by atoms with Gasteiger partial charge in [0.05, 0.1) is 11.8 Å². The maximum absolute atomic E-state index is 12.1. The van der Waals surface area contributed by atoms with E-state index in [1.807, 2.05) is 13.0 Å². The van der Waals surface area contributed by atoms with Crippen molar-refractivity contribution >= 4 is 29.2 Å². The lowest BCUT2D eigenvalue weighted by molar-refractivity contribution is -0.145. The standard InChI is InChI=1S/C14H16ClNO3/c1-8-5-6-9(7-12(8)15)16-13(17)10-3-2-4-11(10)14(18)19/h5-7,10-11H,2-4H2,1H3,(H,16,17)(H,18,19). The number of carboxylic acid groups (broad SMARTS) is 1. The predicted octanol–water partition coefficient (Wildman–Crippen LogP) is 3.09. The zero-order valence-electron chi connectivity index (χ0n) is 10.6. The molecule has 0 bridgehead atoms. The highest BCUT2D eigenvalue weighted by molar-refractivity contribution is 6.31. The Labute approximate surface area is 116 Å². The normalized spacial score (nSPS) is 22.2.